The number of carbonyl (C=O) groups is 1. The summed E-state index contributed by atoms with van der Waals surface area (Å²) in [4.78, 5) is 28.8. The van der Waals surface area contributed by atoms with Gasteiger partial charge in [-0.2, -0.15) is 0 Å². The molecule has 1 amide bonds. The lowest BCUT2D eigenvalue weighted by Crippen LogP contribution is -2.31. The highest BCUT2D eigenvalue weighted by Gasteiger charge is 2.26. The molecule has 0 radical (unpaired) electrons. The fourth-order valence-electron chi connectivity index (χ4n) is 4.61. The van der Waals surface area contributed by atoms with Crippen LogP contribution in [0.2, 0.25) is 0 Å². The number of nitrogens with two attached hydrogens (primary N) is 1. The lowest BCUT2D eigenvalue weighted by molar-refractivity contribution is 0.0995. The van der Waals surface area contributed by atoms with Crippen molar-refractivity contribution in [2.45, 2.75) is 58.0 Å². The van der Waals surface area contributed by atoms with Crippen LogP contribution in [0, 0.1) is 5.92 Å². The van der Waals surface area contributed by atoms with Gasteiger partial charge in [0.05, 0.1) is 7.11 Å². The molecule has 1 aliphatic carbocycles. The molecule has 3 aromatic rings. The van der Waals surface area contributed by atoms with Crippen molar-refractivity contribution < 1.29 is 9.53 Å². The van der Waals surface area contributed by atoms with Gasteiger partial charge in [0.2, 0.25) is 0 Å². The number of methoxy groups -OCH3 is 1. The Hall–Kier alpha value is -3.20. The Kier molecular flexibility index (Phi) is 7.31. The molecule has 1 saturated carbocycles. The Morgan fingerprint density at radius 2 is 2.00 bits per heavy atom. The molecule has 180 valence electrons. The molecule has 3 N–H and O–H groups in total. The second-order valence-corrected chi connectivity index (χ2v) is 9.93. The molecule has 0 saturated heterocycles. The van der Waals surface area contributed by atoms with E-state index in [9.17, 15) is 9.59 Å². The van der Waals surface area contributed by atoms with Crippen LogP contribution in [-0.2, 0) is 6.54 Å². The van der Waals surface area contributed by atoms with Gasteiger partial charge in [-0.15, -0.1) is 0 Å². The Balaban J connectivity index is 1.50. The van der Waals surface area contributed by atoms with E-state index in [1.807, 2.05) is 28.4 Å². The number of hydrogen-bond donors (Lipinski definition) is 2. The molecular weight excluding hydrogens is 450 g/mol. The summed E-state index contributed by atoms with van der Waals surface area (Å²) >= 11 is 1.40. The van der Waals surface area contributed by atoms with Crippen LogP contribution >= 0.6 is 11.5 Å². The van der Waals surface area contributed by atoms with Crippen LogP contribution in [0.15, 0.2) is 40.9 Å². The van der Waals surface area contributed by atoms with Crippen molar-refractivity contribution in [1.82, 2.24) is 13.9 Å². The van der Waals surface area contributed by atoms with Crippen molar-refractivity contribution >= 4 is 23.1 Å². The fraction of sp³-hybridized carbons (Fsp3) is 0.440. The van der Waals surface area contributed by atoms with Crippen molar-refractivity contribution in [1.29, 1.82) is 0 Å². The number of ether oxygens (including phenoxy) is 1. The summed E-state index contributed by atoms with van der Waals surface area (Å²) in [6.07, 6.45) is 9.17. The molecule has 1 aliphatic rings. The van der Waals surface area contributed by atoms with Crippen LogP contribution in [-0.4, -0.2) is 33.0 Å². The number of amides is 1. The molecule has 1 fully saturated rings. The Morgan fingerprint density at radius 3 is 2.62 bits per heavy atom. The van der Waals surface area contributed by atoms with E-state index in [4.69, 9.17) is 10.5 Å². The van der Waals surface area contributed by atoms with Gasteiger partial charge in [-0.25, -0.2) is 4.37 Å². The van der Waals surface area contributed by atoms with Crippen molar-refractivity contribution in [3.63, 3.8) is 0 Å². The van der Waals surface area contributed by atoms with E-state index in [0.29, 0.717) is 23.9 Å². The minimum absolute atomic E-state index is 0.00988. The number of nitrogens with zero attached hydrogens (tertiary/aromatic N) is 3. The minimum atomic E-state index is -0.568. The lowest BCUT2D eigenvalue weighted by atomic mass is 9.81. The first-order chi connectivity index (χ1) is 16.4. The quantitative estimate of drug-likeness (QED) is 0.497. The zero-order valence-electron chi connectivity index (χ0n) is 19.8. The predicted molar refractivity (Wildman–Crippen MR) is 135 cm³/mol. The summed E-state index contributed by atoms with van der Waals surface area (Å²) in [6.45, 7) is 4.89. The summed E-state index contributed by atoms with van der Waals surface area (Å²) in [5, 5.41) is 5.53. The van der Waals surface area contributed by atoms with E-state index in [0.717, 1.165) is 42.4 Å². The molecule has 34 heavy (non-hydrogen) atoms. The molecule has 0 bridgehead atoms. The van der Waals surface area contributed by atoms with E-state index < -0.39 is 5.91 Å². The first-order valence-electron chi connectivity index (χ1n) is 11.6. The highest BCUT2D eigenvalue weighted by molar-refractivity contribution is 7.03. The van der Waals surface area contributed by atoms with Crippen LogP contribution in [0.4, 0.5) is 5.69 Å². The molecule has 4 rings (SSSR count). The fourth-order valence-corrected chi connectivity index (χ4v) is 5.15. The number of pyridine rings is 2. The highest BCUT2D eigenvalue weighted by Crippen LogP contribution is 2.38. The second-order valence-electron chi connectivity index (χ2n) is 9.28. The number of rotatable bonds is 8. The van der Waals surface area contributed by atoms with Gasteiger partial charge in [0.15, 0.2) is 0 Å². The monoisotopic (exact) mass is 481 g/mol. The molecule has 0 aromatic carbocycles. The number of anilines is 1. The van der Waals surface area contributed by atoms with Gasteiger partial charge in [-0.1, -0.05) is 13.8 Å². The number of primary amides is 1. The SMILES string of the molecule is COc1cc(C(N)=O)ncc1C1CCC(Nc2cc(-c3cnsc3)cn(CC(C)C)c2=O)CC1. The van der Waals surface area contributed by atoms with E-state index in [1.165, 1.54) is 11.5 Å². The molecule has 3 heterocycles. The molecule has 0 aliphatic heterocycles. The maximum Gasteiger partial charge on any atom is 0.273 e. The number of nitrogens with one attached hydrogen (secondary N) is 1. The molecule has 3 aromatic heterocycles. The van der Waals surface area contributed by atoms with Crippen LogP contribution in [0.1, 0.15) is 61.5 Å². The van der Waals surface area contributed by atoms with Gasteiger partial charge < -0.3 is 20.4 Å². The molecule has 9 heteroatoms. The van der Waals surface area contributed by atoms with Crippen LogP contribution in [0.3, 0.4) is 0 Å². The standard InChI is InChI=1S/C25H31N5O3S/c1-15(2)12-30-13-17(18-10-28-34-14-18)8-22(25(30)32)29-19-6-4-16(5-7-19)20-11-27-21(24(26)31)9-23(20)33-3/h8-11,13-16,19,29H,4-7,12H2,1-3H3,(H2,26,31). The molecule has 0 unspecified atom stereocenters. The van der Waals surface area contributed by atoms with Gasteiger partial charge >= 0.3 is 0 Å². The Labute approximate surface area is 203 Å². The second kappa shape index (κ2) is 10.4. The molecule has 0 atom stereocenters. The van der Waals surface area contributed by atoms with E-state index in [-0.39, 0.29) is 23.2 Å². The van der Waals surface area contributed by atoms with Gasteiger partial charge in [-0.05, 0) is 55.1 Å². The third-order valence-electron chi connectivity index (χ3n) is 6.31. The average molecular weight is 482 g/mol. The van der Waals surface area contributed by atoms with E-state index in [2.05, 4.69) is 28.5 Å². The van der Waals surface area contributed by atoms with Gasteiger partial charge in [0.25, 0.3) is 11.5 Å². The molecular formula is C25H31N5O3S. The zero-order valence-corrected chi connectivity index (χ0v) is 20.6. The van der Waals surface area contributed by atoms with Gasteiger partial charge in [0.1, 0.15) is 17.1 Å². The lowest BCUT2D eigenvalue weighted by Gasteiger charge is -2.30. The zero-order chi connectivity index (χ0) is 24.2. The number of hydrogen-bond acceptors (Lipinski definition) is 7. The molecule has 0 spiro atoms. The highest BCUT2D eigenvalue weighted by atomic mass is 32.1. The first kappa shape index (κ1) is 23.9. The topological polar surface area (TPSA) is 112 Å². The van der Waals surface area contributed by atoms with Crippen molar-refractivity contribution in [3.8, 4) is 16.9 Å². The predicted octanol–water partition coefficient (Wildman–Crippen LogP) is 4.27. The third-order valence-corrected chi connectivity index (χ3v) is 6.89. The summed E-state index contributed by atoms with van der Waals surface area (Å²) in [6, 6.07) is 3.77. The molecule has 8 nitrogen and oxygen atoms in total. The average Bonchev–Trinajstić information content (AvgIpc) is 3.36. The van der Waals surface area contributed by atoms with Gasteiger partial charge in [-0.3, -0.25) is 14.6 Å². The summed E-state index contributed by atoms with van der Waals surface area (Å²) in [5.74, 6) is 0.722. The summed E-state index contributed by atoms with van der Waals surface area (Å²) in [5.41, 5.74) is 9.22. The Bertz CT molecular complexity index is 1200. The van der Waals surface area contributed by atoms with Crippen LogP contribution in [0.25, 0.3) is 11.1 Å². The van der Waals surface area contributed by atoms with Crippen molar-refractivity contribution in [3.05, 3.63) is 57.7 Å². The van der Waals surface area contributed by atoms with Gasteiger partial charge in [0, 0.05) is 59.3 Å². The largest absolute Gasteiger partial charge is 0.496 e. The maximum absolute atomic E-state index is 13.2. The van der Waals surface area contributed by atoms with Crippen molar-refractivity contribution in [2.24, 2.45) is 11.7 Å². The minimum Gasteiger partial charge on any atom is -0.496 e. The Morgan fingerprint density at radius 1 is 1.24 bits per heavy atom. The number of aromatic nitrogens is 3. The number of carbonyl (C=O) groups excluding carboxylic acids is 1. The van der Waals surface area contributed by atoms with Crippen LogP contribution in [0.5, 0.6) is 5.75 Å². The maximum atomic E-state index is 13.2. The third kappa shape index (κ3) is 5.30. The van der Waals surface area contributed by atoms with E-state index in [1.54, 1.807) is 19.4 Å². The summed E-state index contributed by atoms with van der Waals surface area (Å²) < 4.78 is 11.5. The summed E-state index contributed by atoms with van der Waals surface area (Å²) in [7, 11) is 1.59. The first-order valence-corrected chi connectivity index (χ1v) is 12.4. The van der Waals surface area contributed by atoms with E-state index >= 15 is 0 Å². The van der Waals surface area contributed by atoms with Crippen molar-refractivity contribution in [2.75, 3.05) is 12.4 Å². The smallest absolute Gasteiger partial charge is 0.273 e. The van der Waals surface area contributed by atoms with Crippen LogP contribution < -0.4 is 21.3 Å². The normalized spacial score (nSPS) is 18.1.